The number of esters is 1. The standard InChI is InChI=1S/C28H38N2O11/c1-3-37-27(36)13-4-5-15-16(8-13)24(41-28-23(35)22(34)21(33)18(11-31)40-28)26(38-7-6-29-2)25-20(15)17(12-39-25)14-9-19(32)30-10-14/h12-14,18,21-23,28-29,31,33-35H,3-11H2,1-2H3,(H,30,32)/t13-,14+,18+,21+,22-,23+,28+/m0/s1. The molecule has 13 heteroatoms. The molecule has 1 amide bonds. The summed E-state index contributed by atoms with van der Waals surface area (Å²) < 4.78 is 29.5. The van der Waals surface area contributed by atoms with Crippen LogP contribution in [0.3, 0.4) is 0 Å². The van der Waals surface area contributed by atoms with E-state index in [4.69, 9.17) is 23.4 Å². The van der Waals surface area contributed by atoms with E-state index in [1.807, 2.05) is 0 Å². The van der Waals surface area contributed by atoms with E-state index in [0.29, 0.717) is 43.5 Å². The van der Waals surface area contributed by atoms with Crippen LogP contribution in [0.25, 0.3) is 11.0 Å². The Morgan fingerprint density at radius 1 is 1.15 bits per heavy atom. The van der Waals surface area contributed by atoms with Crippen LogP contribution in [-0.2, 0) is 31.9 Å². The molecule has 0 spiro atoms. The van der Waals surface area contributed by atoms with Crippen molar-refractivity contribution in [3.63, 3.8) is 0 Å². The third-order valence-electron chi connectivity index (χ3n) is 8.08. The number of nitrogens with one attached hydrogen (secondary N) is 2. The fourth-order valence-electron chi connectivity index (χ4n) is 5.92. The number of hydrogen-bond acceptors (Lipinski definition) is 12. The summed E-state index contributed by atoms with van der Waals surface area (Å²) in [6, 6.07) is 0. The lowest BCUT2D eigenvalue weighted by Gasteiger charge is -2.40. The van der Waals surface area contributed by atoms with Gasteiger partial charge in [-0.15, -0.1) is 0 Å². The Hall–Kier alpha value is -2.94. The van der Waals surface area contributed by atoms with Crippen LogP contribution in [0.5, 0.6) is 11.5 Å². The lowest BCUT2D eigenvalue weighted by atomic mass is 9.80. The van der Waals surface area contributed by atoms with Crippen molar-refractivity contribution in [3.05, 3.63) is 23.0 Å². The molecule has 13 nitrogen and oxygen atoms in total. The summed E-state index contributed by atoms with van der Waals surface area (Å²) in [5.41, 5.74) is 2.74. The Morgan fingerprint density at radius 2 is 1.95 bits per heavy atom. The molecule has 0 radical (unpaired) electrons. The number of benzene rings is 1. The van der Waals surface area contributed by atoms with Gasteiger partial charge in [0.2, 0.25) is 17.9 Å². The smallest absolute Gasteiger partial charge is 0.309 e. The molecule has 0 bridgehead atoms. The molecule has 3 aliphatic rings. The first-order chi connectivity index (χ1) is 19.8. The fourth-order valence-corrected chi connectivity index (χ4v) is 5.92. The summed E-state index contributed by atoms with van der Waals surface area (Å²) in [6.07, 6.45) is -4.33. The topological polar surface area (TPSA) is 189 Å². The number of amides is 1. The maximum Gasteiger partial charge on any atom is 0.309 e. The van der Waals surface area contributed by atoms with Crippen molar-refractivity contribution >= 4 is 22.8 Å². The molecule has 0 saturated carbocycles. The van der Waals surface area contributed by atoms with Gasteiger partial charge < -0.3 is 54.4 Å². The summed E-state index contributed by atoms with van der Waals surface area (Å²) in [5.74, 6) is -0.575. The molecule has 6 N–H and O–H groups in total. The van der Waals surface area contributed by atoms with E-state index in [1.54, 1.807) is 20.2 Å². The predicted octanol–water partition coefficient (Wildman–Crippen LogP) is -0.519. The monoisotopic (exact) mass is 578 g/mol. The van der Waals surface area contributed by atoms with Crippen molar-refractivity contribution < 1.29 is 53.4 Å². The SMILES string of the molecule is CCOC(=O)[C@H]1CCc2c(c(O[C@H]3O[C@H](CO)[C@@H](O)[C@H](O)[C@H]3O)c(OCCNC)c3occ([C@H]4CNC(=O)C4)c23)C1. The van der Waals surface area contributed by atoms with Gasteiger partial charge in [-0.3, -0.25) is 9.59 Å². The molecule has 1 aromatic heterocycles. The van der Waals surface area contributed by atoms with Gasteiger partial charge in [0, 0.05) is 41.9 Å². The van der Waals surface area contributed by atoms with E-state index in [2.05, 4.69) is 10.6 Å². The Kier molecular flexibility index (Phi) is 9.02. The molecular weight excluding hydrogens is 540 g/mol. The summed E-state index contributed by atoms with van der Waals surface area (Å²) >= 11 is 0. The molecule has 2 fully saturated rings. The van der Waals surface area contributed by atoms with Gasteiger partial charge >= 0.3 is 5.97 Å². The lowest BCUT2D eigenvalue weighted by Crippen LogP contribution is -2.60. The van der Waals surface area contributed by atoms with Crippen molar-refractivity contribution in [2.75, 3.05) is 40.0 Å². The molecule has 41 heavy (non-hydrogen) atoms. The van der Waals surface area contributed by atoms with Crippen LogP contribution < -0.4 is 20.1 Å². The zero-order valence-corrected chi connectivity index (χ0v) is 23.1. The molecule has 1 aromatic carbocycles. The van der Waals surface area contributed by atoms with Crippen LogP contribution in [0, 0.1) is 5.92 Å². The first-order valence-electron chi connectivity index (χ1n) is 14.1. The van der Waals surface area contributed by atoms with Gasteiger partial charge in [0.05, 0.1) is 25.4 Å². The summed E-state index contributed by atoms with van der Waals surface area (Å²) in [7, 11) is 1.77. The van der Waals surface area contributed by atoms with E-state index in [0.717, 1.165) is 16.5 Å². The largest absolute Gasteiger partial charge is 0.485 e. The Bertz CT molecular complexity index is 1260. The van der Waals surface area contributed by atoms with Crippen molar-refractivity contribution in [3.8, 4) is 11.5 Å². The first kappa shape index (κ1) is 29.5. The predicted molar refractivity (Wildman–Crippen MR) is 143 cm³/mol. The maximum absolute atomic E-state index is 12.8. The number of likely N-dealkylation sites (N-methyl/N-ethyl adjacent to an activating group) is 1. The molecule has 0 unspecified atom stereocenters. The molecule has 1 aliphatic carbocycles. The maximum atomic E-state index is 12.8. The van der Waals surface area contributed by atoms with Gasteiger partial charge in [-0.1, -0.05) is 0 Å². The van der Waals surface area contributed by atoms with E-state index in [9.17, 15) is 30.0 Å². The minimum absolute atomic E-state index is 0.0475. The van der Waals surface area contributed by atoms with Crippen molar-refractivity contribution in [1.82, 2.24) is 10.6 Å². The van der Waals surface area contributed by atoms with E-state index in [1.165, 1.54) is 0 Å². The van der Waals surface area contributed by atoms with Crippen LogP contribution in [0.4, 0.5) is 0 Å². The number of fused-ring (bicyclic) bond motifs is 3. The van der Waals surface area contributed by atoms with Gasteiger partial charge in [0.1, 0.15) is 31.0 Å². The zero-order chi connectivity index (χ0) is 29.3. The summed E-state index contributed by atoms with van der Waals surface area (Å²) in [6.45, 7) is 2.53. The van der Waals surface area contributed by atoms with E-state index in [-0.39, 0.29) is 48.9 Å². The number of hydrogen-bond donors (Lipinski definition) is 6. The normalized spacial score (nSPS) is 29.7. The third-order valence-corrected chi connectivity index (χ3v) is 8.08. The number of aryl methyl sites for hydroxylation is 1. The minimum atomic E-state index is -1.66. The minimum Gasteiger partial charge on any atom is -0.485 e. The van der Waals surface area contributed by atoms with E-state index >= 15 is 0 Å². The Labute approximate surface area is 236 Å². The van der Waals surface area contributed by atoms with Crippen molar-refractivity contribution in [2.45, 2.75) is 69.2 Å². The van der Waals surface area contributed by atoms with Gasteiger partial charge in [-0.2, -0.15) is 0 Å². The second-order valence-electron chi connectivity index (χ2n) is 10.7. The van der Waals surface area contributed by atoms with Gasteiger partial charge in [0.15, 0.2) is 11.3 Å². The number of carbonyl (C=O) groups excluding carboxylic acids is 2. The average Bonchev–Trinajstić information content (AvgIpc) is 3.60. The third kappa shape index (κ3) is 5.62. The van der Waals surface area contributed by atoms with Crippen LogP contribution in [0.1, 0.15) is 42.4 Å². The first-order valence-corrected chi connectivity index (χ1v) is 14.1. The highest BCUT2D eigenvalue weighted by molar-refractivity contribution is 5.95. The zero-order valence-electron chi connectivity index (χ0n) is 23.1. The highest BCUT2D eigenvalue weighted by Gasteiger charge is 2.46. The molecule has 226 valence electrons. The van der Waals surface area contributed by atoms with Crippen molar-refractivity contribution in [1.29, 1.82) is 0 Å². The highest BCUT2D eigenvalue weighted by Crippen LogP contribution is 2.50. The number of aliphatic hydroxyl groups is 4. The quantitative estimate of drug-likeness (QED) is 0.157. The number of carbonyl (C=O) groups is 2. The number of aliphatic hydroxyl groups excluding tert-OH is 4. The number of rotatable bonds is 10. The van der Waals surface area contributed by atoms with Gasteiger partial charge in [-0.05, 0) is 38.8 Å². The van der Waals surface area contributed by atoms with Crippen LogP contribution in [0.2, 0.25) is 0 Å². The van der Waals surface area contributed by atoms with Crippen LogP contribution in [0.15, 0.2) is 10.7 Å². The second-order valence-corrected chi connectivity index (χ2v) is 10.7. The molecule has 7 atom stereocenters. The van der Waals surface area contributed by atoms with Gasteiger partial charge in [0.25, 0.3) is 0 Å². The average molecular weight is 579 g/mol. The Balaban J connectivity index is 1.65. The van der Waals surface area contributed by atoms with E-state index < -0.39 is 43.2 Å². The summed E-state index contributed by atoms with van der Waals surface area (Å²) in [4.78, 5) is 24.9. The molecule has 2 aliphatic heterocycles. The fraction of sp³-hybridized carbons (Fsp3) is 0.643. The molecule has 2 aromatic rings. The molecule has 2 saturated heterocycles. The van der Waals surface area contributed by atoms with Gasteiger partial charge in [-0.25, -0.2) is 0 Å². The van der Waals surface area contributed by atoms with Crippen LogP contribution in [-0.4, -0.2) is 103 Å². The molecular formula is C28H38N2O11. The molecule has 5 rings (SSSR count). The molecule has 3 heterocycles. The van der Waals surface area contributed by atoms with Crippen LogP contribution >= 0.6 is 0 Å². The highest BCUT2D eigenvalue weighted by atomic mass is 16.7. The summed E-state index contributed by atoms with van der Waals surface area (Å²) in [5, 5.41) is 47.8. The number of furan rings is 1. The second kappa shape index (κ2) is 12.5. The number of ether oxygens (including phenoxy) is 4. The van der Waals surface area contributed by atoms with Crippen molar-refractivity contribution in [2.24, 2.45) is 5.92 Å². The lowest BCUT2D eigenvalue weighted by molar-refractivity contribution is -0.277. The Morgan fingerprint density at radius 3 is 2.63 bits per heavy atom.